The van der Waals surface area contributed by atoms with Crippen LogP contribution in [0.3, 0.4) is 0 Å². The van der Waals surface area contributed by atoms with Gasteiger partial charge in [-0.05, 0) is 44.0 Å². The summed E-state index contributed by atoms with van der Waals surface area (Å²) in [6.07, 6.45) is 4.97. The maximum absolute atomic E-state index is 11.5. The Morgan fingerprint density at radius 1 is 1.53 bits per heavy atom. The zero-order valence-corrected chi connectivity index (χ0v) is 10.2. The van der Waals surface area contributed by atoms with Gasteiger partial charge in [0.2, 0.25) is 0 Å². The number of rotatable bonds is 3. The molecule has 0 aromatic carbocycles. The van der Waals surface area contributed by atoms with E-state index in [4.69, 9.17) is 11.6 Å². The number of pyridine rings is 1. The van der Waals surface area contributed by atoms with Gasteiger partial charge in [0.1, 0.15) is 0 Å². The summed E-state index contributed by atoms with van der Waals surface area (Å²) in [4.78, 5) is 15.4. The molecule has 0 radical (unpaired) electrons. The number of piperidine rings is 1. The second-order valence-electron chi connectivity index (χ2n) is 4.48. The van der Waals surface area contributed by atoms with Gasteiger partial charge in [0.25, 0.3) is 0 Å². The molecule has 2 rings (SSSR count). The Kier molecular flexibility index (Phi) is 3.64. The van der Waals surface area contributed by atoms with Gasteiger partial charge in [0.05, 0.1) is 10.4 Å². The number of carboxylic acids is 1. The van der Waals surface area contributed by atoms with Crippen LogP contribution < -0.4 is 5.32 Å². The number of carbonyl (C=O) groups is 1. The number of carboxylic acid groups (broad SMARTS) is 1. The molecule has 1 saturated heterocycles. The van der Waals surface area contributed by atoms with E-state index < -0.39 is 11.4 Å². The molecule has 1 aliphatic heterocycles. The van der Waals surface area contributed by atoms with Crippen molar-refractivity contribution in [1.82, 2.24) is 10.3 Å². The predicted octanol–water partition coefficient (Wildman–Crippen LogP) is 1.73. The Labute approximate surface area is 105 Å². The lowest BCUT2D eigenvalue weighted by atomic mass is 9.74. The molecule has 0 bridgehead atoms. The first-order valence-corrected chi connectivity index (χ1v) is 6.04. The number of aliphatic carboxylic acids is 1. The molecule has 0 amide bonds. The first-order valence-electron chi connectivity index (χ1n) is 5.67. The van der Waals surface area contributed by atoms with Gasteiger partial charge in [-0.3, -0.25) is 9.78 Å². The van der Waals surface area contributed by atoms with Crippen LogP contribution in [0.2, 0.25) is 5.02 Å². The molecule has 0 saturated carbocycles. The second kappa shape index (κ2) is 5.02. The average molecular weight is 255 g/mol. The van der Waals surface area contributed by atoms with Crippen molar-refractivity contribution < 1.29 is 9.90 Å². The number of hydrogen-bond acceptors (Lipinski definition) is 3. The molecule has 1 fully saturated rings. The van der Waals surface area contributed by atoms with Crippen molar-refractivity contribution in [1.29, 1.82) is 0 Å². The zero-order chi connectivity index (χ0) is 12.3. The number of nitrogens with zero attached hydrogens (tertiary/aromatic N) is 1. The maximum Gasteiger partial charge on any atom is 0.310 e. The number of halogens is 1. The van der Waals surface area contributed by atoms with Crippen molar-refractivity contribution in [3.63, 3.8) is 0 Å². The van der Waals surface area contributed by atoms with E-state index in [2.05, 4.69) is 10.3 Å². The van der Waals surface area contributed by atoms with Crippen molar-refractivity contribution in [2.75, 3.05) is 13.1 Å². The fraction of sp³-hybridized carbons (Fsp3) is 0.500. The van der Waals surface area contributed by atoms with Crippen LogP contribution in [0.5, 0.6) is 0 Å². The normalized spacial score (nSPS) is 18.9. The molecule has 2 N–H and O–H groups in total. The smallest absolute Gasteiger partial charge is 0.310 e. The molecule has 1 aliphatic rings. The Morgan fingerprint density at radius 3 is 2.82 bits per heavy atom. The van der Waals surface area contributed by atoms with Gasteiger partial charge < -0.3 is 10.4 Å². The lowest BCUT2D eigenvalue weighted by Crippen LogP contribution is -2.43. The van der Waals surface area contributed by atoms with E-state index in [1.54, 1.807) is 18.5 Å². The van der Waals surface area contributed by atoms with Gasteiger partial charge in [-0.25, -0.2) is 0 Å². The van der Waals surface area contributed by atoms with Crippen molar-refractivity contribution in [3.05, 3.63) is 29.0 Å². The van der Waals surface area contributed by atoms with Gasteiger partial charge in [0, 0.05) is 12.4 Å². The van der Waals surface area contributed by atoms with Crippen LogP contribution in [0.4, 0.5) is 0 Å². The molecular formula is C12H15ClN2O2. The minimum Gasteiger partial charge on any atom is -0.481 e. The van der Waals surface area contributed by atoms with Crippen LogP contribution in [-0.4, -0.2) is 29.1 Å². The number of nitrogens with one attached hydrogen (secondary N) is 1. The summed E-state index contributed by atoms with van der Waals surface area (Å²) in [5, 5.41) is 13.2. The van der Waals surface area contributed by atoms with Crippen molar-refractivity contribution in [3.8, 4) is 0 Å². The molecule has 0 unspecified atom stereocenters. The van der Waals surface area contributed by atoms with Crippen LogP contribution >= 0.6 is 11.6 Å². The highest BCUT2D eigenvalue weighted by molar-refractivity contribution is 6.31. The van der Waals surface area contributed by atoms with Crippen LogP contribution in [0, 0.1) is 5.41 Å². The van der Waals surface area contributed by atoms with Gasteiger partial charge in [-0.1, -0.05) is 11.6 Å². The van der Waals surface area contributed by atoms with E-state index in [-0.39, 0.29) is 0 Å². The summed E-state index contributed by atoms with van der Waals surface area (Å²) < 4.78 is 0. The highest BCUT2D eigenvalue weighted by Crippen LogP contribution is 2.34. The average Bonchev–Trinajstić information content (AvgIpc) is 2.33. The molecule has 92 valence electrons. The number of hydrogen-bond donors (Lipinski definition) is 2. The van der Waals surface area contributed by atoms with Gasteiger partial charge in [0.15, 0.2) is 0 Å². The zero-order valence-electron chi connectivity index (χ0n) is 9.45. The number of aromatic nitrogens is 1. The third kappa shape index (κ3) is 2.58. The van der Waals surface area contributed by atoms with Crippen molar-refractivity contribution >= 4 is 17.6 Å². The predicted molar refractivity (Wildman–Crippen MR) is 65.1 cm³/mol. The summed E-state index contributed by atoms with van der Waals surface area (Å²) in [5.41, 5.74) is 0.182. The minimum atomic E-state index is -0.730. The highest BCUT2D eigenvalue weighted by atomic mass is 35.5. The summed E-state index contributed by atoms with van der Waals surface area (Å²) in [5.74, 6) is -0.730. The molecular weight excluding hydrogens is 240 g/mol. The standard InChI is InChI=1S/C12H15ClN2O2/c13-10-8-15-4-1-9(10)7-12(11(16)17)2-5-14-6-3-12/h1,4,8,14H,2-3,5-7H2,(H,16,17). The molecule has 2 heterocycles. The molecule has 1 aromatic rings. The molecule has 0 spiro atoms. The summed E-state index contributed by atoms with van der Waals surface area (Å²) in [6.45, 7) is 1.49. The van der Waals surface area contributed by atoms with Gasteiger partial charge >= 0.3 is 5.97 Å². The Balaban J connectivity index is 2.24. The van der Waals surface area contributed by atoms with Crippen LogP contribution in [0.15, 0.2) is 18.5 Å². The van der Waals surface area contributed by atoms with E-state index >= 15 is 0 Å². The second-order valence-corrected chi connectivity index (χ2v) is 4.89. The third-order valence-corrected chi connectivity index (χ3v) is 3.74. The Bertz CT molecular complexity index is 417. The molecule has 17 heavy (non-hydrogen) atoms. The Hall–Kier alpha value is -1.13. The highest BCUT2D eigenvalue weighted by Gasteiger charge is 2.39. The monoisotopic (exact) mass is 254 g/mol. The van der Waals surface area contributed by atoms with E-state index in [0.717, 1.165) is 18.7 Å². The Morgan fingerprint density at radius 2 is 2.24 bits per heavy atom. The fourth-order valence-electron chi connectivity index (χ4n) is 2.28. The summed E-state index contributed by atoms with van der Waals surface area (Å²) in [7, 11) is 0. The molecule has 5 heteroatoms. The molecule has 0 atom stereocenters. The SMILES string of the molecule is O=C(O)C1(Cc2ccncc2Cl)CCNCC1. The van der Waals surface area contributed by atoms with E-state index in [1.165, 1.54) is 0 Å². The van der Waals surface area contributed by atoms with Gasteiger partial charge in [-0.2, -0.15) is 0 Å². The van der Waals surface area contributed by atoms with Crippen LogP contribution in [-0.2, 0) is 11.2 Å². The summed E-state index contributed by atoms with van der Waals surface area (Å²) >= 11 is 6.04. The van der Waals surface area contributed by atoms with Crippen molar-refractivity contribution in [2.45, 2.75) is 19.3 Å². The maximum atomic E-state index is 11.5. The first kappa shape index (κ1) is 12.3. The first-order chi connectivity index (χ1) is 8.14. The quantitative estimate of drug-likeness (QED) is 0.862. The topological polar surface area (TPSA) is 62.2 Å². The lowest BCUT2D eigenvalue weighted by molar-refractivity contribution is -0.150. The van der Waals surface area contributed by atoms with E-state index in [0.29, 0.717) is 24.3 Å². The summed E-state index contributed by atoms with van der Waals surface area (Å²) in [6, 6.07) is 1.80. The molecule has 1 aromatic heterocycles. The van der Waals surface area contributed by atoms with E-state index in [9.17, 15) is 9.90 Å². The van der Waals surface area contributed by atoms with Gasteiger partial charge in [-0.15, -0.1) is 0 Å². The largest absolute Gasteiger partial charge is 0.481 e. The lowest BCUT2D eigenvalue weighted by Gasteiger charge is -2.33. The van der Waals surface area contributed by atoms with E-state index in [1.807, 2.05) is 0 Å². The van der Waals surface area contributed by atoms with Crippen molar-refractivity contribution in [2.24, 2.45) is 5.41 Å². The molecule has 4 nitrogen and oxygen atoms in total. The van der Waals surface area contributed by atoms with Crippen LogP contribution in [0.25, 0.3) is 0 Å². The third-order valence-electron chi connectivity index (χ3n) is 3.40. The molecule has 0 aliphatic carbocycles. The minimum absolute atomic E-state index is 0.478. The fourth-order valence-corrected chi connectivity index (χ4v) is 2.47. The van der Waals surface area contributed by atoms with Crippen LogP contribution in [0.1, 0.15) is 18.4 Å².